The van der Waals surface area contributed by atoms with Crippen molar-refractivity contribution < 1.29 is 13.2 Å². The fourth-order valence-corrected chi connectivity index (χ4v) is 5.93. The Morgan fingerprint density at radius 1 is 1.11 bits per heavy atom. The molecule has 0 spiro atoms. The van der Waals surface area contributed by atoms with Gasteiger partial charge in [-0.15, -0.1) is 0 Å². The van der Waals surface area contributed by atoms with E-state index in [1.54, 1.807) is 30.5 Å². The molecule has 35 heavy (non-hydrogen) atoms. The Bertz CT molecular complexity index is 1270. The van der Waals surface area contributed by atoms with Gasteiger partial charge < -0.3 is 14.2 Å². The lowest BCUT2D eigenvalue weighted by Crippen LogP contribution is -2.25. The molecule has 0 amide bonds. The maximum absolute atomic E-state index is 13.6. The molecule has 190 valence electrons. The summed E-state index contributed by atoms with van der Waals surface area (Å²) in [5, 5.41) is 0. The van der Waals surface area contributed by atoms with Crippen LogP contribution < -0.4 is 4.90 Å². The third-order valence-electron chi connectivity index (χ3n) is 6.75. The number of hydrogen-bond donors (Lipinski definition) is 0. The Balaban J connectivity index is 1.71. The second-order valence-electron chi connectivity index (χ2n) is 10.6. The standard InChI is InChI=1S/C27H38N4O3S/c1-6-7-14-30(5)25-18-22(10-13-28-25)35(32,33)21-8-9-24-23(17-21)29-26(27(2,3)4)31(24)19-20-11-15-34-16-12-20/h8-10,13,17-18,20H,6-7,11-12,14-16,19H2,1-5H3. The molecule has 1 aromatic carbocycles. The number of fused-ring (bicyclic) bond motifs is 1. The second-order valence-corrected chi connectivity index (χ2v) is 12.6. The van der Waals surface area contributed by atoms with E-state index >= 15 is 0 Å². The lowest BCUT2D eigenvalue weighted by molar-refractivity contribution is 0.0611. The molecule has 4 rings (SSSR count). The lowest BCUT2D eigenvalue weighted by Gasteiger charge is -2.26. The zero-order chi connectivity index (χ0) is 25.2. The van der Waals surface area contributed by atoms with Crippen molar-refractivity contribution in [1.29, 1.82) is 0 Å². The Kier molecular flexibility index (Phi) is 7.52. The molecule has 3 heterocycles. The molecule has 1 saturated heterocycles. The number of aromatic nitrogens is 3. The minimum Gasteiger partial charge on any atom is -0.381 e. The molecule has 1 fully saturated rings. The Morgan fingerprint density at radius 2 is 1.83 bits per heavy atom. The van der Waals surface area contributed by atoms with Crippen LogP contribution in [0.5, 0.6) is 0 Å². The summed E-state index contributed by atoms with van der Waals surface area (Å²) in [6, 6.07) is 8.59. The lowest BCUT2D eigenvalue weighted by atomic mass is 9.94. The molecular formula is C27H38N4O3S. The SMILES string of the molecule is CCCCN(C)c1cc(S(=O)(=O)c2ccc3c(c2)nc(C(C)(C)C)n3CC2CCOCC2)ccn1. The Hall–Kier alpha value is -2.45. The van der Waals surface area contributed by atoms with Crippen LogP contribution in [0.15, 0.2) is 46.3 Å². The zero-order valence-corrected chi connectivity index (χ0v) is 22.4. The summed E-state index contributed by atoms with van der Waals surface area (Å²) in [5.74, 6) is 2.18. The van der Waals surface area contributed by atoms with Gasteiger partial charge in [-0.2, -0.15) is 0 Å². The van der Waals surface area contributed by atoms with Gasteiger partial charge in [0.05, 0.1) is 20.8 Å². The van der Waals surface area contributed by atoms with Crippen LogP contribution in [0.2, 0.25) is 0 Å². The van der Waals surface area contributed by atoms with Crippen molar-refractivity contribution in [3.63, 3.8) is 0 Å². The molecule has 1 aliphatic rings. The summed E-state index contributed by atoms with van der Waals surface area (Å²) in [5.41, 5.74) is 1.54. The largest absolute Gasteiger partial charge is 0.381 e. The number of anilines is 1. The molecule has 0 bridgehead atoms. The quantitative estimate of drug-likeness (QED) is 0.424. The number of sulfone groups is 1. The van der Waals surface area contributed by atoms with Crippen molar-refractivity contribution in [3.05, 3.63) is 42.4 Å². The van der Waals surface area contributed by atoms with Crippen molar-refractivity contribution >= 4 is 26.7 Å². The summed E-state index contributed by atoms with van der Waals surface area (Å²) in [6.45, 7) is 11.9. The summed E-state index contributed by atoms with van der Waals surface area (Å²) >= 11 is 0. The average Bonchev–Trinajstić information content (AvgIpc) is 3.21. The third kappa shape index (κ3) is 5.54. The molecule has 2 aromatic heterocycles. The van der Waals surface area contributed by atoms with E-state index in [1.165, 1.54) is 0 Å². The van der Waals surface area contributed by atoms with Gasteiger partial charge in [0.2, 0.25) is 9.84 Å². The normalized spacial score (nSPS) is 15.6. The van der Waals surface area contributed by atoms with E-state index in [4.69, 9.17) is 9.72 Å². The first-order chi connectivity index (χ1) is 16.6. The number of benzene rings is 1. The van der Waals surface area contributed by atoms with E-state index in [1.807, 2.05) is 18.0 Å². The molecular weight excluding hydrogens is 460 g/mol. The molecule has 0 radical (unpaired) electrons. The van der Waals surface area contributed by atoms with E-state index in [0.29, 0.717) is 11.7 Å². The van der Waals surface area contributed by atoms with Gasteiger partial charge in [0.1, 0.15) is 11.6 Å². The second kappa shape index (κ2) is 10.3. The van der Waals surface area contributed by atoms with Gasteiger partial charge in [-0.25, -0.2) is 18.4 Å². The highest BCUT2D eigenvalue weighted by Gasteiger charge is 2.27. The van der Waals surface area contributed by atoms with E-state index in [-0.39, 0.29) is 15.2 Å². The van der Waals surface area contributed by atoms with Gasteiger partial charge in [0.15, 0.2) is 0 Å². The van der Waals surface area contributed by atoms with Crippen LogP contribution in [0, 0.1) is 5.92 Å². The van der Waals surface area contributed by atoms with Gasteiger partial charge in [0.25, 0.3) is 0 Å². The van der Waals surface area contributed by atoms with E-state index < -0.39 is 9.84 Å². The number of unbranched alkanes of at least 4 members (excludes halogenated alkanes) is 1. The maximum atomic E-state index is 13.6. The van der Waals surface area contributed by atoms with Crippen LogP contribution in [0.4, 0.5) is 5.82 Å². The molecule has 0 saturated carbocycles. The first-order valence-electron chi connectivity index (χ1n) is 12.6. The molecule has 1 aliphatic heterocycles. The van der Waals surface area contributed by atoms with E-state index in [2.05, 4.69) is 37.2 Å². The topological polar surface area (TPSA) is 77.3 Å². The van der Waals surface area contributed by atoms with E-state index in [0.717, 1.165) is 68.8 Å². The Morgan fingerprint density at radius 3 is 2.51 bits per heavy atom. The molecule has 7 nitrogen and oxygen atoms in total. The first-order valence-corrected chi connectivity index (χ1v) is 14.1. The third-order valence-corrected chi connectivity index (χ3v) is 8.50. The fraction of sp³-hybridized carbons (Fsp3) is 0.556. The number of nitrogens with zero attached hydrogens (tertiary/aromatic N) is 4. The summed E-state index contributed by atoms with van der Waals surface area (Å²) in [7, 11) is -1.76. The van der Waals surface area contributed by atoms with Crippen molar-refractivity contribution in [2.75, 3.05) is 31.7 Å². The summed E-state index contributed by atoms with van der Waals surface area (Å²) in [6.07, 6.45) is 5.74. The highest BCUT2D eigenvalue weighted by molar-refractivity contribution is 7.91. The van der Waals surface area contributed by atoms with Gasteiger partial charge in [-0.3, -0.25) is 0 Å². The number of pyridine rings is 1. The number of imidazole rings is 1. The van der Waals surface area contributed by atoms with Crippen molar-refractivity contribution in [3.8, 4) is 0 Å². The first kappa shape index (κ1) is 25.6. The van der Waals surface area contributed by atoms with Crippen LogP contribution in [0.1, 0.15) is 59.2 Å². The average molecular weight is 499 g/mol. The number of rotatable bonds is 8. The maximum Gasteiger partial charge on any atom is 0.206 e. The van der Waals surface area contributed by atoms with Crippen LogP contribution in [0.25, 0.3) is 11.0 Å². The van der Waals surface area contributed by atoms with Crippen molar-refractivity contribution in [2.24, 2.45) is 5.92 Å². The van der Waals surface area contributed by atoms with Gasteiger partial charge in [-0.05, 0) is 55.5 Å². The summed E-state index contributed by atoms with van der Waals surface area (Å²) in [4.78, 5) is 11.8. The van der Waals surface area contributed by atoms with Crippen LogP contribution in [-0.4, -0.2) is 49.8 Å². The van der Waals surface area contributed by atoms with Crippen LogP contribution in [0.3, 0.4) is 0 Å². The molecule has 0 atom stereocenters. The van der Waals surface area contributed by atoms with Gasteiger partial charge in [0, 0.05) is 45.0 Å². The monoisotopic (exact) mass is 498 g/mol. The minimum absolute atomic E-state index is 0.160. The van der Waals surface area contributed by atoms with Crippen molar-refractivity contribution in [1.82, 2.24) is 14.5 Å². The molecule has 3 aromatic rings. The molecule has 8 heteroatoms. The van der Waals surface area contributed by atoms with E-state index in [9.17, 15) is 8.42 Å². The number of ether oxygens (including phenoxy) is 1. The van der Waals surface area contributed by atoms with Crippen molar-refractivity contribution in [2.45, 2.75) is 75.1 Å². The number of hydrogen-bond acceptors (Lipinski definition) is 6. The smallest absolute Gasteiger partial charge is 0.206 e. The predicted molar refractivity (Wildman–Crippen MR) is 140 cm³/mol. The Labute approximate surface area is 209 Å². The highest BCUT2D eigenvalue weighted by atomic mass is 32.2. The fourth-order valence-electron chi connectivity index (χ4n) is 4.64. The zero-order valence-electron chi connectivity index (χ0n) is 21.6. The predicted octanol–water partition coefficient (Wildman–Crippen LogP) is 5.22. The van der Waals surface area contributed by atoms with Crippen LogP contribution >= 0.6 is 0 Å². The highest BCUT2D eigenvalue weighted by Crippen LogP contribution is 2.32. The van der Waals surface area contributed by atoms with Crippen LogP contribution in [-0.2, 0) is 26.5 Å². The summed E-state index contributed by atoms with van der Waals surface area (Å²) < 4.78 is 35.0. The molecule has 0 unspecified atom stereocenters. The minimum atomic E-state index is -3.71. The van der Waals surface area contributed by atoms with Gasteiger partial charge in [-0.1, -0.05) is 34.1 Å². The molecule has 0 aliphatic carbocycles. The molecule has 0 N–H and O–H groups in total. The van der Waals surface area contributed by atoms with Gasteiger partial charge >= 0.3 is 0 Å².